The number of aromatic nitrogens is 2. The van der Waals surface area contributed by atoms with Crippen LogP contribution in [0.4, 0.5) is 0 Å². The Hall–Kier alpha value is -0.540. The molecule has 0 bridgehead atoms. The van der Waals surface area contributed by atoms with Crippen LogP contribution in [0.25, 0.3) is 0 Å². The van der Waals surface area contributed by atoms with Crippen molar-refractivity contribution in [1.29, 1.82) is 0 Å². The van der Waals surface area contributed by atoms with Gasteiger partial charge in [0.1, 0.15) is 0 Å². The number of hydrogen-bond acceptors (Lipinski definition) is 2. The lowest BCUT2D eigenvalue weighted by atomic mass is 10.4. The van der Waals surface area contributed by atoms with E-state index in [0.29, 0.717) is 0 Å². The molecule has 0 aliphatic rings. The number of alkyl halides is 1. The van der Waals surface area contributed by atoms with E-state index >= 15 is 0 Å². The van der Waals surface area contributed by atoms with E-state index in [1.807, 2.05) is 23.1 Å². The van der Waals surface area contributed by atoms with Gasteiger partial charge in [0.2, 0.25) is 0 Å². The Bertz CT molecular complexity index is 223. The average Bonchev–Trinajstić information content (AvgIpc) is 2.71. The number of halogens is 1. The second kappa shape index (κ2) is 6.85. The van der Waals surface area contributed by atoms with Gasteiger partial charge in [0, 0.05) is 24.8 Å². The summed E-state index contributed by atoms with van der Waals surface area (Å²) < 4.78 is 1.96. The first kappa shape index (κ1) is 11.5. The molecule has 0 aliphatic carbocycles. The predicted octanol–water partition coefficient (Wildman–Crippen LogP) is 1.83. The van der Waals surface area contributed by atoms with Crippen molar-refractivity contribution in [3.8, 4) is 0 Å². The van der Waals surface area contributed by atoms with E-state index in [1.165, 1.54) is 0 Å². The first-order valence-electron chi connectivity index (χ1n) is 5.12. The lowest BCUT2D eigenvalue weighted by Crippen LogP contribution is -2.28. The van der Waals surface area contributed by atoms with Crippen LogP contribution in [-0.2, 0) is 6.54 Å². The van der Waals surface area contributed by atoms with Crippen LogP contribution in [0, 0.1) is 0 Å². The highest BCUT2D eigenvalue weighted by atomic mass is 35.5. The summed E-state index contributed by atoms with van der Waals surface area (Å²) in [6, 6.07) is 1.95. The van der Waals surface area contributed by atoms with E-state index < -0.39 is 0 Å². The number of nitrogens with zero attached hydrogens (tertiary/aromatic N) is 3. The number of hydrogen-bond donors (Lipinski definition) is 0. The van der Waals surface area contributed by atoms with Gasteiger partial charge in [-0.1, -0.05) is 6.92 Å². The Balaban J connectivity index is 2.20. The fraction of sp³-hybridized carbons (Fsp3) is 0.700. The Labute approximate surface area is 90.7 Å². The van der Waals surface area contributed by atoms with Gasteiger partial charge in [0.05, 0.1) is 6.54 Å². The lowest BCUT2D eigenvalue weighted by Gasteiger charge is -2.19. The molecule has 0 spiro atoms. The minimum atomic E-state index is 0.748. The summed E-state index contributed by atoms with van der Waals surface area (Å²) in [5.41, 5.74) is 0. The smallest absolute Gasteiger partial charge is 0.0536 e. The maximum absolute atomic E-state index is 5.66. The molecule has 14 heavy (non-hydrogen) atoms. The molecule has 1 heterocycles. The van der Waals surface area contributed by atoms with Gasteiger partial charge in [0.15, 0.2) is 0 Å². The maximum atomic E-state index is 5.66. The minimum absolute atomic E-state index is 0.748. The third-order valence-electron chi connectivity index (χ3n) is 2.26. The molecule has 0 N–H and O–H groups in total. The summed E-state index contributed by atoms with van der Waals surface area (Å²) >= 11 is 5.66. The quantitative estimate of drug-likeness (QED) is 0.648. The molecular formula is C10H18ClN3. The Morgan fingerprint density at radius 2 is 2.29 bits per heavy atom. The summed E-state index contributed by atoms with van der Waals surface area (Å²) in [5.74, 6) is 0.748. The van der Waals surface area contributed by atoms with Crippen LogP contribution < -0.4 is 0 Å². The zero-order valence-corrected chi connectivity index (χ0v) is 9.45. The Kier molecular flexibility index (Phi) is 5.64. The van der Waals surface area contributed by atoms with Crippen LogP contribution in [-0.4, -0.2) is 40.2 Å². The molecule has 0 radical (unpaired) electrons. The summed E-state index contributed by atoms with van der Waals surface area (Å²) in [4.78, 5) is 2.39. The van der Waals surface area contributed by atoms with Crippen molar-refractivity contribution in [3.63, 3.8) is 0 Å². The van der Waals surface area contributed by atoms with Crippen molar-refractivity contribution in [2.45, 2.75) is 19.9 Å². The molecule has 0 amide bonds. The first-order valence-corrected chi connectivity index (χ1v) is 5.66. The van der Waals surface area contributed by atoms with Crippen LogP contribution in [0.3, 0.4) is 0 Å². The molecule has 0 fully saturated rings. The van der Waals surface area contributed by atoms with E-state index in [9.17, 15) is 0 Å². The highest BCUT2D eigenvalue weighted by Crippen LogP contribution is 1.95. The number of likely N-dealkylation sites (N-methyl/N-ethyl adjacent to an activating group) is 1. The van der Waals surface area contributed by atoms with Gasteiger partial charge in [-0.15, -0.1) is 11.6 Å². The molecule has 0 atom stereocenters. The van der Waals surface area contributed by atoms with Gasteiger partial charge >= 0.3 is 0 Å². The average molecular weight is 216 g/mol. The van der Waals surface area contributed by atoms with Crippen molar-refractivity contribution in [2.75, 3.05) is 25.5 Å². The standard InChI is InChI=1S/C10H18ClN3/c1-2-13(7-3-5-11)9-10-14-8-4-6-12-14/h4,6,8H,2-3,5,7,9-10H2,1H3. The Morgan fingerprint density at radius 3 is 2.86 bits per heavy atom. The highest BCUT2D eigenvalue weighted by molar-refractivity contribution is 6.17. The predicted molar refractivity (Wildman–Crippen MR) is 59.7 cm³/mol. The van der Waals surface area contributed by atoms with Crippen molar-refractivity contribution < 1.29 is 0 Å². The van der Waals surface area contributed by atoms with E-state index in [1.54, 1.807) is 0 Å². The molecule has 1 aromatic heterocycles. The molecule has 1 aromatic rings. The van der Waals surface area contributed by atoms with E-state index in [0.717, 1.165) is 38.5 Å². The zero-order valence-electron chi connectivity index (χ0n) is 8.69. The van der Waals surface area contributed by atoms with Crippen LogP contribution in [0.5, 0.6) is 0 Å². The van der Waals surface area contributed by atoms with Crippen molar-refractivity contribution >= 4 is 11.6 Å². The summed E-state index contributed by atoms with van der Waals surface area (Å²) in [6.45, 7) is 6.36. The fourth-order valence-corrected chi connectivity index (χ4v) is 1.51. The molecule has 4 heteroatoms. The molecular weight excluding hydrogens is 198 g/mol. The number of rotatable bonds is 7. The summed E-state index contributed by atoms with van der Waals surface area (Å²) in [5, 5.41) is 4.17. The summed E-state index contributed by atoms with van der Waals surface area (Å²) in [6.07, 6.45) is 4.87. The van der Waals surface area contributed by atoms with Gasteiger partial charge in [-0.3, -0.25) is 4.68 Å². The first-order chi connectivity index (χ1) is 6.86. The lowest BCUT2D eigenvalue weighted by molar-refractivity contribution is 0.272. The second-order valence-electron chi connectivity index (χ2n) is 3.25. The molecule has 0 aliphatic heterocycles. The third kappa shape index (κ3) is 4.11. The van der Waals surface area contributed by atoms with Gasteiger partial charge in [0.25, 0.3) is 0 Å². The molecule has 0 unspecified atom stereocenters. The SMILES string of the molecule is CCN(CCCCl)CCn1cccn1. The van der Waals surface area contributed by atoms with Crippen molar-refractivity contribution in [2.24, 2.45) is 0 Å². The van der Waals surface area contributed by atoms with Crippen LogP contribution >= 0.6 is 11.6 Å². The van der Waals surface area contributed by atoms with Crippen LogP contribution in [0.2, 0.25) is 0 Å². The normalized spacial score (nSPS) is 11.1. The molecule has 80 valence electrons. The molecule has 1 rings (SSSR count). The monoisotopic (exact) mass is 215 g/mol. The van der Waals surface area contributed by atoms with Crippen molar-refractivity contribution in [1.82, 2.24) is 14.7 Å². The largest absolute Gasteiger partial charge is 0.302 e. The topological polar surface area (TPSA) is 21.1 Å². The molecule has 0 saturated carbocycles. The van der Waals surface area contributed by atoms with Crippen LogP contribution in [0.1, 0.15) is 13.3 Å². The van der Waals surface area contributed by atoms with Gasteiger partial charge in [-0.25, -0.2) is 0 Å². The molecule has 0 saturated heterocycles. The fourth-order valence-electron chi connectivity index (χ4n) is 1.39. The second-order valence-corrected chi connectivity index (χ2v) is 3.62. The highest BCUT2D eigenvalue weighted by Gasteiger charge is 2.01. The third-order valence-corrected chi connectivity index (χ3v) is 2.53. The van der Waals surface area contributed by atoms with Crippen LogP contribution in [0.15, 0.2) is 18.5 Å². The zero-order chi connectivity index (χ0) is 10.2. The van der Waals surface area contributed by atoms with Crippen molar-refractivity contribution in [3.05, 3.63) is 18.5 Å². The summed E-state index contributed by atoms with van der Waals surface area (Å²) in [7, 11) is 0. The maximum Gasteiger partial charge on any atom is 0.0536 e. The van der Waals surface area contributed by atoms with Gasteiger partial charge in [-0.2, -0.15) is 5.10 Å². The van der Waals surface area contributed by atoms with E-state index in [2.05, 4.69) is 16.9 Å². The van der Waals surface area contributed by atoms with E-state index in [-0.39, 0.29) is 0 Å². The molecule has 3 nitrogen and oxygen atoms in total. The van der Waals surface area contributed by atoms with Gasteiger partial charge < -0.3 is 4.90 Å². The van der Waals surface area contributed by atoms with E-state index in [4.69, 9.17) is 11.6 Å². The minimum Gasteiger partial charge on any atom is -0.302 e. The molecule has 0 aromatic carbocycles. The Morgan fingerprint density at radius 1 is 1.43 bits per heavy atom. The van der Waals surface area contributed by atoms with Gasteiger partial charge in [-0.05, 0) is 25.6 Å².